The van der Waals surface area contributed by atoms with Crippen LogP contribution in [0.5, 0.6) is 5.75 Å². The van der Waals surface area contributed by atoms with Gasteiger partial charge >= 0.3 is 5.92 Å². The molecule has 7 rings (SSSR count). The van der Waals surface area contributed by atoms with Crippen LogP contribution in [-0.2, 0) is 4.79 Å². The minimum absolute atomic E-state index is 0.137. The molecule has 0 bridgehead atoms. The van der Waals surface area contributed by atoms with E-state index in [-0.39, 0.29) is 23.6 Å². The Morgan fingerprint density at radius 1 is 1.04 bits per heavy atom. The van der Waals surface area contributed by atoms with Gasteiger partial charge in [-0.15, -0.1) is 0 Å². The van der Waals surface area contributed by atoms with Crippen LogP contribution in [0.15, 0.2) is 24.4 Å². The van der Waals surface area contributed by atoms with Crippen LogP contribution in [-0.4, -0.2) is 110 Å². The molecule has 2 amide bonds. The predicted molar refractivity (Wildman–Crippen MR) is 174 cm³/mol. The van der Waals surface area contributed by atoms with E-state index in [2.05, 4.69) is 30.9 Å². The number of halogens is 2. The first-order valence-corrected chi connectivity index (χ1v) is 16.9. The van der Waals surface area contributed by atoms with Crippen molar-refractivity contribution < 1.29 is 23.1 Å². The highest BCUT2D eigenvalue weighted by atomic mass is 19.3. The molecule has 4 aliphatic heterocycles. The van der Waals surface area contributed by atoms with Crippen LogP contribution < -0.4 is 30.6 Å². The van der Waals surface area contributed by atoms with Crippen molar-refractivity contribution in [1.82, 2.24) is 30.6 Å². The van der Waals surface area contributed by atoms with Crippen molar-refractivity contribution >= 4 is 35.0 Å². The molecule has 3 N–H and O–H groups in total. The summed E-state index contributed by atoms with van der Waals surface area (Å²) in [6, 6.07) is 5.51. The summed E-state index contributed by atoms with van der Waals surface area (Å²) in [5.41, 5.74) is 4.78. The molecule has 1 aromatic carbocycles. The number of ether oxygens (including phenoxy) is 1. The van der Waals surface area contributed by atoms with E-state index >= 15 is 0 Å². The monoisotopic (exact) mass is 653 g/mol. The average molecular weight is 654 g/mol. The molecule has 0 atom stereocenters. The lowest BCUT2D eigenvalue weighted by molar-refractivity contribution is -0.140. The maximum atomic E-state index is 15.0. The first kappa shape index (κ1) is 32.0. The third-order valence-electron chi connectivity index (χ3n) is 10.8. The van der Waals surface area contributed by atoms with Crippen LogP contribution in [0.1, 0.15) is 61.7 Å². The van der Waals surface area contributed by atoms with Crippen LogP contribution in [0.2, 0.25) is 0 Å². The second kappa shape index (κ2) is 12.8. The number of amides is 2. The Balaban J connectivity index is 0.999. The van der Waals surface area contributed by atoms with E-state index in [9.17, 15) is 18.4 Å². The zero-order chi connectivity index (χ0) is 32.8. The number of carbonyl (C=O) groups excluding carboxylic acids is 2. The van der Waals surface area contributed by atoms with Crippen molar-refractivity contribution in [3.05, 3.63) is 30.0 Å². The largest absolute Gasteiger partial charge is 0.495 e. The van der Waals surface area contributed by atoms with Crippen LogP contribution in [0.4, 0.5) is 31.9 Å². The Kier molecular flexibility index (Phi) is 8.68. The van der Waals surface area contributed by atoms with Gasteiger partial charge in [0.25, 0.3) is 11.8 Å². The zero-order valence-corrected chi connectivity index (χ0v) is 27.2. The molecule has 5 aliphatic rings. The van der Waals surface area contributed by atoms with Crippen molar-refractivity contribution in [3.63, 3.8) is 0 Å². The van der Waals surface area contributed by atoms with E-state index in [1.54, 1.807) is 23.1 Å². The molecule has 1 aliphatic carbocycles. The number of hydrogen-bond donors (Lipinski definition) is 3. The molecule has 3 saturated heterocycles. The van der Waals surface area contributed by atoms with Crippen molar-refractivity contribution in [2.45, 2.75) is 69.4 Å². The van der Waals surface area contributed by atoms with Gasteiger partial charge in [-0.2, -0.15) is 13.8 Å². The Morgan fingerprint density at radius 3 is 2.47 bits per heavy atom. The normalized spacial score (nSPS) is 23.7. The summed E-state index contributed by atoms with van der Waals surface area (Å²) in [6.45, 7) is 5.54. The third kappa shape index (κ3) is 6.34. The van der Waals surface area contributed by atoms with Crippen molar-refractivity contribution in [1.29, 1.82) is 0 Å². The number of methoxy groups -OCH3 is 1. The van der Waals surface area contributed by atoms with E-state index in [1.807, 2.05) is 5.01 Å². The number of aromatic nitrogens is 2. The number of hydrazine groups is 1. The SMILES string of the molecule is COc1cc(C(=O)NN2CCC(N3CC4(CCNCC4)C3)CC2)ccc1Nc1ncc2c(n1)N(C1CCCC1)CC(F)(F)C(=O)N2C. The average Bonchev–Trinajstić information content (AvgIpc) is 3.59. The zero-order valence-electron chi connectivity index (χ0n) is 27.2. The molecule has 1 spiro atoms. The van der Waals surface area contributed by atoms with E-state index in [0.29, 0.717) is 34.3 Å². The summed E-state index contributed by atoms with van der Waals surface area (Å²) >= 11 is 0. The lowest BCUT2D eigenvalue weighted by Crippen LogP contribution is -2.64. The maximum absolute atomic E-state index is 15.0. The summed E-state index contributed by atoms with van der Waals surface area (Å²) in [5, 5.41) is 8.61. The van der Waals surface area contributed by atoms with Gasteiger partial charge in [-0.25, -0.2) is 9.99 Å². The van der Waals surface area contributed by atoms with Crippen molar-refractivity contribution in [2.75, 3.05) is 75.1 Å². The molecule has 14 heteroatoms. The van der Waals surface area contributed by atoms with Crippen molar-refractivity contribution in [3.8, 4) is 5.75 Å². The summed E-state index contributed by atoms with van der Waals surface area (Å²) in [4.78, 5) is 40.0. The number of piperidine rings is 2. The van der Waals surface area contributed by atoms with Gasteiger partial charge in [0, 0.05) is 50.9 Å². The molecule has 1 saturated carbocycles. The van der Waals surface area contributed by atoms with Crippen LogP contribution in [0.25, 0.3) is 0 Å². The highest BCUT2D eigenvalue weighted by Crippen LogP contribution is 2.42. The number of benzene rings is 1. The number of alkyl halides is 2. The number of carbonyl (C=O) groups is 2. The standard InChI is InChI=1S/C33H45F2N9O3/c1-41-26-18-37-31(39-28(26)44(24-5-3-4-6-24)21-33(34,35)30(41)46)38-25-8-7-22(17-27(25)47-2)29(45)40-43-15-9-23(10-16-43)42-19-32(20-42)11-13-36-14-12-32/h7-8,17-18,23-24,36H,3-6,9-16,19-21H2,1-2H3,(H,40,45)(H,37,38,39). The quantitative estimate of drug-likeness (QED) is 0.411. The van der Waals surface area contributed by atoms with Gasteiger partial charge in [0.15, 0.2) is 5.82 Å². The number of anilines is 4. The van der Waals surface area contributed by atoms with Crippen LogP contribution >= 0.6 is 0 Å². The maximum Gasteiger partial charge on any atom is 0.342 e. The van der Waals surface area contributed by atoms with E-state index in [0.717, 1.165) is 69.6 Å². The minimum atomic E-state index is -3.55. The Hall–Kier alpha value is -3.62. The molecule has 12 nitrogen and oxygen atoms in total. The molecule has 2 aromatic rings. The second-order valence-corrected chi connectivity index (χ2v) is 13.9. The molecular formula is C33H45F2N9O3. The van der Waals surface area contributed by atoms with Crippen molar-refractivity contribution in [2.24, 2.45) is 5.41 Å². The Bertz CT molecular complexity index is 1480. The smallest absolute Gasteiger partial charge is 0.342 e. The molecule has 1 aromatic heterocycles. The van der Waals surface area contributed by atoms with Crippen LogP contribution in [0.3, 0.4) is 0 Å². The molecule has 0 radical (unpaired) electrons. The number of nitrogens with zero attached hydrogens (tertiary/aromatic N) is 6. The fraction of sp³-hybridized carbons (Fsp3) is 0.636. The van der Waals surface area contributed by atoms with E-state index in [4.69, 9.17) is 4.74 Å². The molecule has 47 heavy (non-hydrogen) atoms. The molecule has 4 fully saturated rings. The lowest BCUT2D eigenvalue weighted by Gasteiger charge is -2.56. The number of hydrogen-bond acceptors (Lipinski definition) is 10. The first-order valence-electron chi connectivity index (χ1n) is 16.9. The van der Waals surface area contributed by atoms with Gasteiger partial charge in [-0.1, -0.05) is 12.8 Å². The minimum Gasteiger partial charge on any atom is -0.495 e. The van der Waals surface area contributed by atoms with E-state index < -0.39 is 18.4 Å². The summed E-state index contributed by atoms with van der Waals surface area (Å²) in [7, 11) is 2.84. The Labute approximate surface area is 274 Å². The van der Waals surface area contributed by atoms with E-state index in [1.165, 1.54) is 46.3 Å². The highest BCUT2D eigenvalue weighted by Gasteiger charge is 2.49. The number of nitrogens with one attached hydrogen (secondary N) is 3. The number of likely N-dealkylation sites (tertiary alicyclic amines) is 1. The second-order valence-electron chi connectivity index (χ2n) is 13.9. The molecular weight excluding hydrogens is 608 g/mol. The van der Waals surface area contributed by atoms with Gasteiger partial charge in [0.1, 0.15) is 11.4 Å². The summed E-state index contributed by atoms with van der Waals surface area (Å²) in [5.74, 6) is -4.17. The highest BCUT2D eigenvalue weighted by molar-refractivity contribution is 6.02. The lowest BCUT2D eigenvalue weighted by atomic mass is 9.71. The summed E-state index contributed by atoms with van der Waals surface area (Å²) in [6.07, 6.45) is 9.40. The fourth-order valence-electron chi connectivity index (χ4n) is 8.06. The van der Waals surface area contributed by atoms with Gasteiger partial charge in [0.2, 0.25) is 5.95 Å². The van der Waals surface area contributed by atoms with Crippen LogP contribution in [0, 0.1) is 5.41 Å². The predicted octanol–water partition coefficient (Wildman–Crippen LogP) is 3.38. The fourth-order valence-corrected chi connectivity index (χ4v) is 8.06. The molecule has 0 unspecified atom stereocenters. The third-order valence-corrected chi connectivity index (χ3v) is 10.8. The van der Waals surface area contributed by atoms with Gasteiger partial charge in [0.05, 0.1) is 25.5 Å². The topological polar surface area (TPSA) is 118 Å². The molecule has 254 valence electrons. The number of rotatable bonds is 7. The first-order chi connectivity index (χ1) is 22.6. The van der Waals surface area contributed by atoms with Gasteiger partial charge in [-0.05, 0) is 75.2 Å². The van der Waals surface area contributed by atoms with Gasteiger partial charge in [-0.3, -0.25) is 19.9 Å². The van der Waals surface area contributed by atoms with Gasteiger partial charge < -0.3 is 25.2 Å². The molecule has 5 heterocycles. The number of fused-ring (bicyclic) bond motifs is 1. The summed E-state index contributed by atoms with van der Waals surface area (Å²) < 4.78 is 35.5. The Morgan fingerprint density at radius 2 is 1.77 bits per heavy atom.